The van der Waals surface area contributed by atoms with Crippen molar-refractivity contribution in [2.45, 2.75) is 19.8 Å². The van der Waals surface area contributed by atoms with Gasteiger partial charge in [0.25, 0.3) is 0 Å². The smallest absolute Gasteiger partial charge is 0.336 e. The molecular formula is C22H28ClN3O5S. The van der Waals surface area contributed by atoms with Gasteiger partial charge in [-0.2, -0.15) is 0 Å². The second-order valence-corrected chi connectivity index (χ2v) is 7.86. The number of ether oxygens (including phenoxy) is 3. The van der Waals surface area contributed by atoms with E-state index >= 15 is 0 Å². The normalized spacial score (nSPS) is 15.8. The number of nitrogens with two attached hydrogens (primary N) is 1. The van der Waals surface area contributed by atoms with Crippen LogP contribution in [0.5, 0.6) is 0 Å². The van der Waals surface area contributed by atoms with E-state index in [9.17, 15) is 9.59 Å². The maximum atomic E-state index is 13.1. The third-order valence-electron chi connectivity index (χ3n) is 4.96. The summed E-state index contributed by atoms with van der Waals surface area (Å²) in [4.78, 5) is 27.4. The van der Waals surface area contributed by atoms with Gasteiger partial charge in [-0.25, -0.2) is 9.59 Å². The number of likely N-dealkylation sites (N-methyl/N-ethyl adjacent to an activating group) is 1. The highest BCUT2D eigenvalue weighted by Gasteiger charge is 2.39. The van der Waals surface area contributed by atoms with Crippen molar-refractivity contribution in [3.63, 3.8) is 0 Å². The molecule has 1 aromatic rings. The molecule has 0 radical (unpaired) electrons. The molecule has 1 unspecified atom stereocenters. The summed E-state index contributed by atoms with van der Waals surface area (Å²) in [5.74, 6) is -1.92. The molecule has 0 aromatic heterocycles. The Kier molecular flexibility index (Phi) is 9.49. The maximum absolute atomic E-state index is 13.1. The number of methoxy groups -OCH3 is 1. The molecule has 3 N–H and O–H groups in total. The van der Waals surface area contributed by atoms with E-state index in [0.29, 0.717) is 35.1 Å². The van der Waals surface area contributed by atoms with Gasteiger partial charge in [-0.15, -0.1) is 0 Å². The summed E-state index contributed by atoms with van der Waals surface area (Å²) >= 11 is 11.4. The molecule has 174 valence electrons. The predicted octanol–water partition coefficient (Wildman–Crippen LogP) is 2.48. The first-order chi connectivity index (χ1) is 15.2. The average molecular weight is 482 g/mol. The molecule has 0 saturated carbocycles. The van der Waals surface area contributed by atoms with Crippen LogP contribution in [-0.2, 0) is 23.8 Å². The Morgan fingerprint density at radius 2 is 1.94 bits per heavy atom. The Hall–Kier alpha value is -2.62. The number of halogens is 1. The van der Waals surface area contributed by atoms with E-state index in [1.54, 1.807) is 50.1 Å². The van der Waals surface area contributed by atoms with Crippen molar-refractivity contribution in [1.29, 1.82) is 0 Å². The van der Waals surface area contributed by atoms with E-state index in [-0.39, 0.29) is 29.5 Å². The molecular weight excluding hydrogens is 454 g/mol. The molecule has 0 bridgehead atoms. The quantitative estimate of drug-likeness (QED) is 0.312. The molecule has 0 amide bonds. The van der Waals surface area contributed by atoms with Gasteiger partial charge in [-0.3, -0.25) is 0 Å². The summed E-state index contributed by atoms with van der Waals surface area (Å²) in [6.07, 6.45) is 0. The molecule has 1 aliphatic rings. The SMILES string of the molecule is CCOC(=O)C1=C(COCCN(C)C(N)=S)NC(C)=C(C(=O)OC)C1c1ccccc1Cl. The first kappa shape index (κ1) is 25.6. The number of allylic oxidation sites excluding steroid dienone is 1. The second kappa shape index (κ2) is 11.8. The van der Waals surface area contributed by atoms with Crippen LogP contribution in [0.1, 0.15) is 25.3 Å². The summed E-state index contributed by atoms with van der Waals surface area (Å²) in [7, 11) is 3.05. The zero-order valence-corrected chi connectivity index (χ0v) is 20.1. The van der Waals surface area contributed by atoms with Gasteiger partial charge in [0, 0.05) is 24.3 Å². The van der Waals surface area contributed by atoms with Crippen LogP contribution in [0, 0.1) is 0 Å². The Morgan fingerprint density at radius 1 is 1.25 bits per heavy atom. The molecule has 8 nitrogen and oxygen atoms in total. The number of rotatable bonds is 9. The van der Waals surface area contributed by atoms with Crippen molar-refractivity contribution < 1.29 is 23.8 Å². The molecule has 0 fully saturated rings. The minimum atomic E-state index is -0.783. The zero-order chi connectivity index (χ0) is 23.8. The highest BCUT2D eigenvalue weighted by atomic mass is 35.5. The Morgan fingerprint density at radius 3 is 2.53 bits per heavy atom. The lowest BCUT2D eigenvalue weighted by molar-refractivity contribution is -0.139. The van der Waals surface area contributed by atoms with Crippen molar-refractivity contribution in [3.8, 4) is 0 Å². The average Bonchev–Trinajstić information content (AvgIpc) is 2.75. The van der Waals surface area contributed by atoms with Gasteiger partial charge in [0.1, 0.15) is 0 Å². The van der Waals surface area contributed by atoms with Crippen molar-refractivity contribution >= 4 is 40.9 Å². The van der Waals surface area contributed by atoms with E-state index in [0.717, 1.165) is 0 Å². The van der Waals surface area contributed by atoms with Gasteiger partial charge in [0.05, 0.1) is 49.7 Å². The van der Waals surface area contributed by atoms with E-state index in [1.807, 2.05) is 0 Å². The summed E-state index contributed by atoms with van der Waals surface area (Å²) in [5, 5.41) is 3.80. The van der Waals surface area contributed by atoms with Crippen LogP contribution in [0.4, 0.5) is 0 Å². The largest absolute Gasteiger partial charge is 0.466 e. The number of carbonyl (C=O) groups is 2. The van der Waals surface area contributed by atoms with Crippen LogP contribution in [0.25, 0.3) is 0 Å². The number of carbonyl (C=O) groups excluding carboxylic acids is 2. The number of nitrogens with one attached hydrogen (secondary N) is 1. The minimum Gasteiger partial charge on any atom is -0.466 e. The molecule has 32 heavy (non-hydrogen) atoms. The number of esters is 2. The van der Waals surface area contributed by atoms with Crippen molar-refractivity contribution in [2.75, 3.05) is 40.5 Å². The van der Waals surface area contributed by atoms with E-state index in [4.69, 9.17) is 43.8 Å². The highest BCUT2D eigenvalue weighted by Crippen LogP contribution is 2.41. The summed E-state index contributed by atoms with van der Waals surface area (Å²) in [5.41, 5.74) is 7.71. The fraction of sp³-hybridized carbons (Fsp3) is 0.409. The molecule has 0 aliphatic carbocycles. The van der Waals surface area contributed by atoms with Gasteiger partial charge in [-0.1, -0.05) is 29.8 Å². The molecule has 1 atom stereocenters. The Balaban J connectivity index is 2.51. The third kappa shape index (κ3) is 5.99. The van der Waals surface area contributed by atoms with Crippen molar-refractivity contribution in [2.24, 2.45) is 5.73 Å². The first-order valence-corrected chi connectivity index (χ1v) is 10.8. The molecule has 1 aliphatic heterocycles. The number of thiocarbonyl (C=S) groups is 1. The summed E-state index contributed by atoms with van der Waals surface area (Å²) in [6, 6.07) is 7.03. The molecule has 2 rings (SSSR count). The molecule has 0 saturated heterocycles. The summed E-state index contributed by atoms with van der Waals surface area (Å²) in [6.45, 7) is 4.49. The number of nitrogens with zero attached hydrogens (tertiary/aromatic N) is 1. The second-order valence-electron chi connectivity index (χ2n) is 7.03. The minimum absolute atomic E-state index is 0.0755. The third-order valence-corrected chi connectivity index (χ3v) is 5.61. The number of dihydropyridines is 1. The van der Waals surface area contributed by atoms with Gasteiger partial charge in [-0.05, 0) is 37.7 Å². The first-order valence-electron chi connectivity index (χ1n) is 10.0. The zero-order valence-electron chi connectivity index (χ0n) is 18.6. The maximum Gasteiger partial charge on any atom is 0.336 e. The van der Waals surface area contributed by atoms with Crippen LogP contribution in [-0.4, -0.2) is 62.5 Å². The van der Waals surface area contributed by atoms with Crippen LogP contribution in [0.3, 0.4) is 0 Å². The molecule has 1 heterocycles. The molecule has 0 spiro atoms. The standard InChI is InChI=1S/C22H28ClN3O5S/c1-5-31-21(28)19-16(12-30-11-10-26(3)22(24)32)25-13(2)17(20(27)29-4)18(19)14-8-6-7-9-15(14)23/h6-9,18,25H,5,10-12H2,1-4H3,(H2,24,32). The number of hydrogen-bond acceptors (Lipinski definition) is 7. The van der Waals surface area contributed by atoms with Crippen LogP contribution in [0.15, 0.2) is 46.8 Å². The van der Waals surface area contributed by atoms with Crippen molar-refractivity contribution in [1.82, 2.24) is 10.2 Å². The summed E-state index contributed by atoms with van der Waals surface area (Å²) < 4.78 is 16.1. The van der Waals surface area contributed by atoms with E-state index in [1.165, 1.54) is 7.11 Å². The highest BCUT2D eigenvalue weighted by molar-refractivity contribution is 7.80. The Labute approximate surface area is 198 Å². The van der Waals surface area contributed by atoms with Gasteiger partial charge >= 0.3 is 11.9 Å². The topological polar surface area (TPSA) is 103 Å². The monoisotopic (exact) mass is 481 g/mol. The van der Waals surface area contributed by atoms with E-state index in [2.05, 4.69) is 5.32 Å². The fourth-order valence-electron chi connectivity index (χ4n) is 3.35. The van der Waals surface area contributed by atoms with E-state index < -0.39 is 17.9 Å². The van der Waals surface area contributed by atoms with Gasteiger partial charge in [0.15, 0.2) is 5.11 Å². The number of hydrogen-bond donors (Lipinski definition) is 2. The fourth-order valence-corrected chi connectivity index (χ4v) is 3.68. The van der Waals surface area contributed by atoms with Crippen molar-refractivity contribution in [3.05, 3.63) is 57.4 Å². The lowest BCUT2D eigenvalue weighted by Gasteiger charge is -2.31. The number of benzene rings is 1. The Bertz CT molecular complexity index is 947. The lowest BCUT2D eigenvalue weighted by atomic mass is 9.80. The lowest BCUT2D eigenvalue weighted by Crippen LogP contribution is -2.36. The molecule has 10 heteroatoms. The van der Waals surface area contributed by atoms with Crippen LogP contribution < -0.4 is 11.1 Å². The van der Waals surface area contributed by atoms with Crippen LogP contribution >= 0.6 is 23.8 Å². The predicted molar refractivity (Wildman–Crippen MR) is 126 cm³/mol. The molecule has 1 aromatic carbocycles. The van der Waals surface area contributed by atoms with Crippen LogP contribution in [0.2, 0.25) is 5.02 Å². The van der Waals surface area contributed by atoms with Gasteiger partial charge < -0.3 is 30.2 Å². The van der Waals surface area contributed by atoms with Gasteiger partial charge in [0.2, 0.25) is 0 Å².